The van der Waals surface area contributed by atoms with Crippen LogP contribution < -0.4 is 15.4 Å². The van der Waals surface area contributed by atoms with E-state index in [0.717, 1.165) is 16.9 Å². The summed E-state index contributed by atoms with van der Waals surface area (Å²) in [5.41, 5.74) is 4.00. The van der Waals surface area contributed by atoms with Crippen LogP contribution in [-0.2, 0) is 11.4 Å². The lowest BCUT2D eigenvalue weighted by atomic mass is 10.1. The zero-order valence-electron chi connectivity index (χ0n) is 24.2. The Morgan fingerprint density at radius 2 is 1.29 bits per heavy atom. The zero-order valence-corrected chi connectivity index (χ0v) is 24.9. The topological polar surface area (TPSA) is 84.5 Å². The first-order valence-corrected chi connectivity index (χ1v) is 14.5. The number of carbonyl (C=O) groups is 3. The van der Waals surface area contributed by atoms with Gasteiger partial charge in [0.15, 0.2) is 5.78 Å². The average Bonchev–Trinajstić information content (AvgIpc) is 3.08. The normalized spacial score (nSPS) is 11.2. The number of hydrogen-bond donors (Lipinski definition) is 2. The molecule has 2 amide bonds. The molecule has 222 valence electrons. The fourth-order valence-electron chi connectivity index (χ4n) is 4.27. The molecule has 5 aromatic rings. The van der Waals surface area contributed by atoms with Crippen molar-refractivity contribution in [3.05, 3.63) is 178 Å². The second-order valence-corrected chi connectivity index (χ2v) is 10.4. The fraction of sp³-hybridized carbons (Fsp3) is 0.0263. The van der Waals surface area contributed by atoms with Gasteiger partial charge in [0.05, 0.1) is 0 Å². The molecule has 0 unspecified atom stereocenters. The second kappa shape index (κ2) is 15.1. The van der Waals surface area contributed by atoms with E-state index >= 15 is 0 Å². The molecule has 0 saturated heterocycles. The lowest BCUT2D eigenvalue weighted by molar-refractivity contribution is -0.113. The number of amides is 2. The quantitative estimate of drug-likeness (QED) is 0.116. The van der Waals surface area contributed by atoms with Crippen molar-refractivity contribution in [2.45, 2.75) is 6.61 Å². The zero-order chi connectivity index (χ0) is 31.4. The fourth-order valence-corrected chi connectivity index (χ4v) is 4.39. The van der Waals surface area contributed by atoms with Crippen LogP contribution in [0, 0.1) is 0 Å². The second-order valence-electron chi connectivity index (χ2n) is 10.0. The molecule has 5 rings (SSSR count). The molecule has 0 aliphatic rings. The van der Waals surface area contributed by atoms with Crippen LogP contribution in [0.4, 0.5) is 5.69 Å². The predicted molar refractivity (Wildman–Crippen MR) is 179 cm³/mol. The molecule has 0 saturated carbocycles. The Labute approximate surface area is 266 Å². The van der Waals surface area contributed by atoms with Crippen molar-refractivity contribution in [2.24, 2.45) is 0 Å². The Kier molecular flexibility index (Phi) is 10.3. The third kappa shape index (κ3) is 9.13. The van der Waals surface area contributed by atoms with Gasteiger partial charge in [-0.1, -0.05) is 90.5 Å². The smallest absolute Gasteiger partial charge is 0.272 e. The van der Waals surface area contributed by atoms with E-state index in [4.69, 9.17) is 16.3 Å². The van der Waals surface area contributed by atoms with E-state index < -0.39 is 11.8 Å². The number of ether oxygens (including phenoxy) is 1. The highest BCUT2D eigenvalue weighted by atomic mass is 35.5. The molecule has 0 aliphatic heterocycles. The number of rotatable bonds is 11. The van der Waals surface area contributed by atoms with Gasteiger partial charge in [-0.05, 0) is 89.5 Å². The Hall–Kier alpha value is -5.72. The monoisotopic (exact) mass is 612 g/mol. The minimum absolute atomic E-state index is 0.0470. The van der Waals surface area contributed by atoms with Crippen molar-refractivity contribution in [3.63, 3.8) is 0 Å². The van der Waals surface area contributed by atoms with Gasteiger partial charge < -0.3 is 15.4 Å². The van der Waals surface area contributed by atoms with E-state index in [-0.39, 0.29) is 11.5 Å². The van der Waals surface area contributed by atoms with Gasteiger partial charge >= 0.3 is 0 Å². The molecule has 5 aromatic carbocycles. The van der Waals surface area contributed by atoms with E-state index in [0.29, 0.717) is 34.0 Å². The summed E-state index contributed by atoms with van der Waals surface area (Å²) in [5.74, 6) is -0.390. The van der Waals surface area contributed by atoms with Crippen LogP contribution in [0.25, 0.3) is 12.2 Å². The maximum Gasteiger partial charge on any atom is 0.272 e. The summed E-state index contributed by atoms with van der Waals surface area (Å²) >= 11 is 6.00. The molecule has 6 nitrogen and oxygen atoms in total. The minimum Gasteiger partial charge on any atom is -0.489 e. The van der Waals surface area contributed by atoms with E-state index in [1.165, 1.54) is 6.08 Å². The lowest BCUT2D eigenvalue weighted by Gasteiger charge is -2.12. The molecule has 45 heavy (non-hydrogen) atoms. The number of carbonyl (C=O) groups excluding carboxylic acids is 3. The molecule has 0 aromatic heterocycles. The van der Waals surface area contributed by atoms with Gasteiger partial charge in [0, 0.05) is 21.8 Å². The molecule has 7 heteroatoms. The summed E-state index contributed by atoms with van der Waals surface area (Å²) in [6.07, 6.45) is 4.80. The van der Waals surface area contributed by atoms with Crippen LogP contribution in [0.1, 0.15) is 37.4 Å². The van der Waals surface area contributed by atoms with Crippen molar-refractivity contribution in [1.82, 2.24) is 5.32 Å². The summed E-state index contributed by atoms with van der Waals surface area (Å²) in [6, 6.07) is 39.4. The number of hydrogen-bond acceptors (Lipinski definition) is 4. The van der Waals surface area contributed by atoms with E-state index in [2.05, 4.69) is 10.6 Å². The molecule has 0 aliphatic carbocycles. The van der Waals surface area contributed by atoms with Gasteiger partial charge in [-0.15, -0.1) is 0 Å². The van der Waals surface area contributed by atoms with Crippen LogP contribution in [0.3, 0.4) is 0 Å². The first-order valence-electron chi connectivity index (χ1n) is 14.2. The van der Waals surface area contributed by atoms with Crippen molar-refractivity contribution in [3.8, 4) is 5.75 Å². The number of benzene rings is 5. The SMILES string of the molecule is O=C(Nc1ccc(C(=O)/C=C/c2ccc(OCc3ccccc3)cc2)cc1)/C(=C/c1ccc(Cl)cc1)NC(=O)c1ccccc1. The van der Waals surface area contributed by atoms with E-state index in [9.17, 15) is 14.4 Å². The van der Waals surface area contributed by atoms with E-state index in [1.54, 1.807) is 91.0 Å². The third-order valence-corrected chi connectivity index (χ3v) is 6.94. The maximum absolute atomic E-state index is 13.3. The number of nitrogens with one attached hydrogen (secondary N) is 2. The Morgan fingerprint density at radius 1 is 0.667 bits per heavy atom. The molecule has 0 spiro atoms. The highest BCUT2D eigenvalue weighted by Gasteiger charge is 2.15. The summed E-state index contributed by atoms with van der Waals surface area (Å²) in [4.78, 5) is 38.9. The number of anilines is 1. The Bertz CT molecular complexity index is 1820. The van der Waals surface area contributed by atoms with Crippen LogP contribution in [0.2, 0.25) is 5.02 Å². The molecule has 0 heterocycles. The predicted octanol–water partition coefficient (Wildman–Crippen LogP) is 8.22. The minimum atomic E-state index is -0.524. The maximum atomic E-state index is 13.3. The van der Waals surface area contributed by atoms with E-state index in [1.807, 2.05) is 54.6 Å². The molecule has 2 N–H and O–H groups in total. The van der Waals surface area contributed by atoms with Gasteiger partial charge in [-0.2, -0.15) is 0 Å². The molecular weight excluding hydrogens is 584 g/mol. The summed E-state index contributed by atoms with van der Waals surface area (Å²) in [7, 11) is 0. The highest BCUT2D eigenvalue weighted by Crippen LogP contribution is 2.18. The third-order valence-electron chi connectivity index (χ3n) is 6.69. The lowest BCUT2D eigenvalue weighted by Crippen LogP contribution is -2.30. The molecule has 0 bridgehead atoms. The van der Waals surface area contributed by atoms with Crippen molar-refractivity contribution >= 4 is 47.0 Å². The first-order chi connectivity index (χ1) is 21.9. The van der Waals surface area contributed by atoms with Gasteiger partial charge in [0.1, 0.15) is 18.1 Å². The highest BCUT2D eigenvalue weighted by molar-refractivity contribution is 6.30. The van der Waals surface area contributed by atoms with Crippen LogP contribution in [-0.4, -0.2) is 17.6 Å². The van der Waals surface area contributed by atoms with Gasteiger partial charge in [-0.25, -0.2) is 0 Å². The van der Waals surface area contributed by atoms with Crippen LogP contribution >= 0.6 is 11.6 Å². The molecule has 0 atom stereocenters. The van der Waals surface area contributed by atoms with Gasteiger partial charge in [0.2, 0.25) is 0 Å². The van der Waals surface area contributed by atoms with Crippen LogP contribution in [0.15, 0.2) is 145 Å². The molecule has 0 fully saturated rings. The average molecular weight is 613 g/mol. The number of ketones is 1. The van der Waals surface area contributed by atoms with Crippen molar-refractivity contribution < 1.29 is 19.1 Å². The summed E-state index contributed by atoms with van der Waals surface area (Å²) in [6.45, 7) is 0.479. The van der Waals surface area contributed by atoms with Crippen molar-refractivity contribution in [2.75, 3.05) is 5.32 Å². The number of allylic oxidation sites excluding steroid dienone is 1. The standard InChI is InChI=1S/C38H29ClN2O4/c39-32-18-11-28(12-19-32)25-35(41-37(43)31-9-5-2-6-10-31)38(44)40-33-20-16-30(17-21-33)36(42)24-15-27-13-22-34(23-14-27)45-26-29-7-3-1-4-8-29/h1-25H,26H2,(H,40,44)(H,41,43)/b24-15+,35-25-. The molecule has 0 radical (unpaired) electrons. The largest absolute Gasteiger partial charge is 0.489 e. The Morgan fingerprint density at radius 3 is 1.96 bits per heavy atom. The van der Waals surface area contributed by atoms with Gasteiger partial charge in [-0.3, -0.25) is 14.4 Å². The van der Waals surface area contributed by atoms with Gasteiger partial charge in [0.25, 0.3) is 11.8 Å². The number of halogens is 1. The summed E-state index contributed by atoms with van der Waals surface area (Å²) < 4.78 is 5.82. The summed E-state index contributed by atoms with van der Waals surface area (Å²) in [5, 5.41) is 6.05. The molecular formula is C38H29ClN2O4. The Balaban J connectivity index is 1.21. The van der Waals surface area contributed by atoms with Crippen molar-refractivity contribution in [1.29, 1.82) is 0 Å². The van der Waals surface area contributed by atoms with Crippen LogP contribution in [0.5, 0.6) is 5.75 Å². The first kappa shape index (κ1) is 30.7.